The van der Waals surface area contributed by atoms with Crippen LogP contribution in [0.3, 0.4) is 0 Å². The molecule has 2 atom stereocenters. The van der Waals surface area contributed by atoms with Crippen LogP contribution in [0.1, 0.15) is 58.8 Å². The van der Waals surface area contributed by atoms with Gasteiger partial charge < -0.3 is 19.7 Å². The average Bonchev–Trinajstić information content (AvgIpc) is 2.75. The molecule has 1 heterocycles. The van der Waals surface area contributed by atoms with E-state index in [9.17, 15) is 14.7 Å². The molecule has 0 bridgehead atoms. The van der Waals surface area contributed by atoms with Gasteiger partial charge in [-0.1, -0.05) is 19.3 Å². The molecule has 1 aliphatic rings. The number of nitrogens with zero attached hydrogens (tertiary/aromatic N) is 1. The van der Waals surface area contributed by atoms with Crippen molar-refractivity contribution in [3.63, 3.8) is 0 Å². The first-order valence-electron chi connectivity index (χ1n) is 11.2. The Labute approximate surface area is 178 Å². The predicted molar refractivity (Wildman–Crippen MR) is 119 cm³/mol. The Morgan fingerprint density at radius 2 is 1.97 bits per heavy atom. The van der Waals surface area contributed by atoms with Crippen LogP contribution in [0.4, 0.5) is 0 Å². The second-order valence-corrected chi connectivity index (χ2v) is 8.55. The van der Waals surface area contributed by atoms with Gasteiger partial charge in [0.1, 0.15) is 5.75 Å². The number of H-pyrrole nitrogens is 1. The number of nitrogens with one attached hydrogen (secondary N) is 1. The van der Waals surface area contributed by atoms with Crippen molar-refractivity contribution in [1.29, 1.82) is 0 Å². The third kappa shape index (κ3) is 6.08. The molecule has 6 heteroatoms. The number of hydrogen-bond donors (Lipinski definition) is 2. The number of ether oxygens (including phenoxy) is 1. The van der Waals surface area contributed by atoms with E-state index in [2.05, 4.69) is 4.98 Å². The number of aliphatic hydroxyl groups excluding tert-OH is 1. The van der Waals surface area contributed by atoms with Gasteiger partial charge in [0, 0.05) is 29.9 Å². The Hall–Kier alpha value is -2.34. The maximum Gasteiger partial charge on any atom is 0.248 e. The van der Waals surface area contributed by atoms with Gasteiger partial charge in [-0.25, -0.2) is 0 Å². The number of fused-ring (bicyclic) bond motifs is 1. The Morgan fingerprint density at radius 1 is 1.20 bits per heavy atom. The Kier molecular flexibility index (Phi) is 7.91. The summed E-state index contributed by atoms with van der Waals surface area (Å²) in [7, 11) is 0. The molecule has 1 saturated carbocycles. The number of benzene rings is 1. The second-order valence-electron chi connectivity index (χ2n) is 8.55. The summed E-state index contributed by atoms with van der Waals surface area (Å²) in [5, 5.41) is 11.0. The molecule has 6 nitrogen and oxygen atoms in total. The van der Waals surface area contributed by atoms with E-state index in [0.29, 0.717) is 25.4 Å². The predicted octanol–water partition coefficient (Wildman–Crippen LogP) is 3.87. The fourth-order valence-corrected chi connectivity index (χ4v) is 4.18. The van der Waals surface area contributed by atoms with Crippen LogP contribution in [0.5, 0.6) is 5.75 Å². The summed E-state index contributed by atoms with van der Waals surface area (Å²) < 4.78 is 5.82. The number of pyridine rings is 1. The molecular formula is C24H34N2O4. The third-order valence-electron chi connectivity index (χ3n) is 6.19. The lowest BCUT2D eigenvalue weighted by molar-refractivity contribution is -0.136. The Morgan fingerprint density at radius 3 is 2.70 bits per heavy atom. The minimum absolute atomic E-state index is 0.0914. The minimum atomic E-state index is -0.544. The van der Waals surface area contributed by atoms with Gasteiger partial charge in [-0.3, -0.25) is 9.59 Å². The van der Waals surface area contributed by atoms with E-state index in [1.54, 1.807) is 13.0 Å². The van der Waals surface area contributed by atoms with Gasteiger partial charge in [-0.05, 0) is 63.3 Å². The third-order valence-corrected chi connectivity index (χ3v) is 6.19. The van der Waals surface area contributed by atoms with Crippen molar-refractivity contribution >= 4 is 16.8 Å². The maximum atomic E-state index is 12.9. The first-order valence-corrected chi connectivity index (χ1v) is 11.2. The normalized spacial score (nSPS) is 16.9. The molecule has 1 fully saturated rings. The highest BCUT2D eigenvalue weighted by molar-refractivity contribution is 5.79. The fraction of sp³-hybridized carbons (Fsp3) is 0.583. The topological polar surface area (TPSA) is 82.6 Å². The van der Waals surface area contributed by atoms with E-state index >= 15 is 0 Å². The first-order chi connectivity index (χ1) is 14.4. The highest BCUT2D eigenvalue weighted by atomic mass is 16.5. The van der Waals surface area contributed by atoms with Crippen molar-refractivity contribution in [3.8, 4) is 5.75 Å². The zero-order chi connectivity index (χ0) is 21.5. The number of aromatic nitrogens is 1. The van der Waals surface area contributed by atoms with Crippen molar-refractivity contribution in [1.82, 2.24) is 9.88 Å². The van der Waals surface area contributed by atoms with E-state index in [1.807, 2.05) is 30.0 Å². The number of aromatic amines is 1. The van der Waals surface area contributed by atoms with Gasteiger partial charge in [-0.15, -0.1) is 0 Å². The van der Waals surface area contributed by atoms with Crippen LogP contribution >= 0.6 is 0 Å². The average molecular weight is 415 g/mol. The quantitative estimate of drug-likeness (QED) is 0.610. The molecule has 2 unspecified atom stereocenters. The lowest BCUT2D eigenvalue weighted by Gasteiger charge is -2.35. The van der Waals surface area contributed by atoms with Crippen LogP contribution in [0.15, 0.2) is 35.1 Å². The summed E-state index contributed by atoms with van der Waals surface area (Å²) in [4.78, 5) is 28.9. The van der Waals surface area contributed by atoms with Gasteiger partial charge in [0.25, 0.3) is 0 Å². The SMILES string of the molecule is CC(O)C(C)N(CC1CCCCC1)C(=O)CCCOc1ccc2[nH]c(=O)ccc2c1. The van der Waals surface area contributed by atoms with Crippen LogP contribution in [0.25, 0.3) is 10.9 Å². The molecule has 164 valence electrons. The molecule has 2 N–H and O–H groups in total. The van der Waals surface area contributed by atoms with Crippen LogP contribution in [0, 0.1) is 5.92 Å². The number of rotatable bonds is 9. The smallest absolute Gasteiger partial charge is 0.248 e. The highest BCUT2D eigenvalue weighted by Gasteiger charge is 2.26. The maximum absolute atomic E-state index is 12.9. The molecule has 3 rings (SSSR count). The van der Waals surface area contributed by atoms with Crippen molar-refractivity contribution in [2.45, 2.75) is 70.9 Å². The second kappa shape index (κ2) is 10.6. The highest BCUT2D eigenvalue weighted by Crippen LogP contribution is 2.26. The fourth-order valence-electron chi connectivity index (χ4n) is 4.18. The number of aliphatic hydroxyl groups is 1. The number of amides is 1. The molecule has 30 heavy (non-hydrogen) atoms. The lowest BCUT2D eigenvalue weighted by Crippen LogP contribution is -2.46. The zero-order valence-corrected chi connectivity index (χ0v) is 18.1. The summed E-state index contributed by atoms with van der Waals surface area (Å²) >= 11 is 0. The summed E-state index contributed by atoms with van der Waals surface area (Å²) in [5.74, 6) is 1.36. The van der Waals surface area contributed by atoms with Crippen LogP contribution in [0.2, 0.25) is 0 Å². The van der Waals surface area contributed by atoms with Crippen LogP contribution in [-0.4, -0.2) is 46.2 Å². The van der Waals surface area contributed by atoms with Gasteiger partial charge in [0.2, 0.25) is 11.5 Å². The van der Waals surface area contributed by atoms with E-state index in [0.717, 1.165) is 23.2 Å². The molecule has 0 saturated heterocycles. The van der Waals surface area contributed by atoms with Gasteiger partial charge in [0.15, 0.2) is 0 Å². The van der Waals surface area contributed by atoms with Gasteiger partial charge in [0.05, 0.1) is 18.8 Å². The van der Waals surface area contributed by atoms with E-state index < -0.39 is 6.10 Å². The van der Waals surface area contributed by atoms with Crippen molar-refractivity contribution in [2.24, 2.45) is 5.92 Å². The van der Waals surface area contributed by atoms with Crippen molar-refractivity contribution < 1.29 is 14.6 Å². The lowest BCUT2D eigenvalue weighted by atomic mass is 9.88. The molecule has 1 aromatic heterocycles. The Balaban J connectivity index is 1.51. The summed E-state index contributed by atoms with van der Waals surface area (Å²) in [6, 6.07) is 8.62. The molecule has 0 spiro atoms. The molecule has 0 aliphatic heterocycles. The minimum Gasteiger partial charge on any atom is -0.494 e. The van der Waals surface area contributed by atoms with Crippen LogP contribution in [-0.2, 0) is 4.79 Å². The van der Waals surface area contributed by atoms with Crippen molar-refractivity contribution in [2.75, 3.05) is 13.2 Å². The van der Waals surface area contributed by atoms with Crippen molar-refractivity contribution in [3.05, 3.63) is 40.7 Å². The van der Waals surface area contributed by atoms with Crippen LogP contribution < -0.4 is 10.3 Å². The molecule has 0 radical (unpaired) electrons. The van der Waals surface area contributed by atoms with Gasteiger partial charge in [-0.2, -0.15) is 0 Å². The summed E-state index contributed by atoms with van der Waals surface area (Å²) in [6.07, 6.45) is 6.60. The zero-order valence-electron chi connectivity index (χ0n) is 18.1. The number of hydrogen-bond acceptors (Lipinski definition) is 4. The van der Waals surface area contributed by atoms with E-state index in [-0.39, 0.29) is 17.5 Å². The molecule has 1 aliphatic carbocycles. The van der Waals surface area contributed by atoms with E-state index in [1.165, 1.54) is 38.2 Å². The number of carbonyl (C=O) groups is 1. The Bertz CT molecular complexity index is 886. The number of carbonyl (C=O) groups excluding carboxylic acids is 1. The molecular weight excluding hydrogens is 380 g/mol. The van der Waals surface area contributed by atoms with Gasteiger partial charge >= 0.3 is 0 Å². The molecule has 1 aromatic carbocycles. The largest absolute Gasteiger partial charge is 0.494 e. The summed E-state index contributed by atoms with van der Waals surface area (Å²) in [6.45, 7) is 4.87. The standard InChI is InChI=1S/C24H34N2O4/c1-17(18(2)27)26(16-19-7-4-3-5-8-19)24(29)9-6-14-30-21-11-12-22-20(15-21)10-13-23(28)25-22/h10-13,15,17-19,27H,3-9,14,16H2,1-2H3,(H,25,28). The molecule has 2 aromatic rings. The monoisotopic (exact) mass is 414 g/mol. The molecule has 1 amide bonds. The van der Waals surface area contributed by atoms with E-state index in [4.69, 9.17) is 4.74 Å². The summed E-state index contributed by atoms with van der Waals surface area (Å²) in [5.41, 5.74) is 0.648. The first kappa shape index (κ1) is 22.3.